The summed E-state index contributed by atoms with van der Waals surface area (Å²) < 4.78 is 5.52. The lowest BCUT2D eigenvalue weighted by Gasteiger charge is -2.63. The van der Waals surface area contributed by atoms with Crippen LogP contribution in [0.25, 0.3) is 0 Å². The van der Waals surface area contributed by atoms with Crippen LogP contribution in [0.4, 0.5) is 0 Å². The summed E-state index contributed by atoms with van der Waals surface area (Å²) in [7, 11) is 0. The van der Waals surface area contributed by atoms with Gasteiger partial charge < -0.3 is 20.4 Å². The molecule has 29 heavy (non-hydrogen) atoms. The molecule has 0 unspecified atom stereocenters. The predicted octanol–water partition coefficient (Wildman–Crippen LogP) is 1.64. The van der Waals surface area contributed by atoms with Gasteiger partial charge in [0.2, 0.25) is 0 Å². The number of hydrogen-bond acceptors (Lipinski definition) is 6. The lowest BCUT2D eigenvalue weighted by atomic mass is 9.49. The molecule has 2 heterocycles. The number of ketones is 1. The van der Waals surface area contributed by atoms with Crippen molar-refractivity contribution in [3.8, 4) is 5.75 Å². The summed E-state index contributed by atoms with van der Waals surface area (Å²) in [4.78, 5) is 26.6. The minimum Gasteiger partial charge on any atom is -0.507 e. The lowest BCUT2D eigenvalue weighted by molar-refractivity contribution is -0.174. The van der Waals surface area contributed by atoms with Gasteiger partial charge in [0.25, 0.3) is 5.91 Å². The van der Waals surface area contributed by atoms with Crippen molar-refractivity contribution in [3.63, 3.8) is 0 Å². The van der Waals surface area contributed by atoms with Crippen LogP contribution in [0, 0.1) is 0 Å². The molecule has 152 valence electrons. The Hall–Kier alpha value is -2.64. The van der Waals surface area contributed by atoms with Crippen molar-refractivity contribution in [2.45, 2.75) is 55.7 Å². The summed E-state index contributed by atoms with van der Waals surface area (Å²) in [5.74, 6) is 0.00107. The topological polar surface area (TPSA) is 117 Å². The maximum atomic E-state index is 12.5. The SMILES string of the molecule is NC(=O)c1ccc2c(c1O)[C@]13CCN(Cc4ccco4)[C@H](C2)[C@]1(O)CCC(=O)C3. The number of likely N-dealkylation sites (tertiary alicyclic amines) is 1. The average Bonchev–Trinajstić information content (AvgIpc) is 3.17. The smallest absolute Gasteiger partial charge is 0.252 e. The van der Waals surface area contributed by atoms with E-state index in [1.807, 2.05) is 12.1 Å². The monoisotopic (exact) mass is 396 g/mol. The molecule has 4 N–H and O–H groups in total. The van der Waals surface area contributed by atoms with Crippen LogP contribution >= 0.6 is 0 Å². The highest BCUT2D eigenvalue weighted by molar-refractivity contribution is 5.96. The molecule has 2 bridgehead atoms. The number of primary amides is 1. The number of benzene rings is 1. The number of Topliss-reactive ketones (excluding diaryl/α,β-unsaturated/α-hetero) is 1. The summed E-state index contributed by atoms with van der Waals surface area (Å²) in [6.07, 6.45) is 3.48. The zero-order valence-corrected chi connectivity index (χ0v) is 16.1. The molecule has 7 heteroatoms. The molecular weight excluding hydrogens is 372 g/mol. The second kappa shape index (κ2) is 6.18. The van der Waals surface area contributed by atoms with Gasteiger partial charge in [0.1, 0.15) is 17.3 Å². The highest BCUT2D eigenvalue weighted by Gasteiger charge is 2.65. The van der Waals surface area contributed by atoms with E-state index in [2.05, 4.69) is 4.90 Å². The second-order valence-electron chi connectivity index (χ2n) is 8.60. The average molecular weight is 396 g/mol. The summed E-state index contributed by atoms with van der Waals surface area (Å²) in [6, 6.07) is 6.89. The van der Waals surface area contributed by atoms with E-state index in [-0.39, 0.29) is 29.6 Å². The molecule has 7 nitrogen and oxygen atoms in total. The number of piperidine rings is 1. The number of phenols is 1. The molecule has 1 saturated carbocycles. The van der Waals surface area contributed by atoms with Crippen molar-refractivity contribution >= 4 is 11.7 Å². The van der Waals surface area contributed by atoms with Crippen LogP contribution in [-0.4, -0.2) is 45.0 Å². The molecule has 1 aromatic carbocycles. The first-order chi connectivity index (χ1) is 13.9. The number of hydrogen-bond donors (Lipinski definition) is 3. The Bertz CT molecular complexity index is 1000. The molecule has 0 radical (unpaired) electrons. The number of carbonyl (C=O) groups excluding carboxylic acids is 2. The third kappa shape index (κ3) is 2.44. The molecule has 1 saturated heterocycles. The molecule has 1 aliphatic heterocycles. The van der Waals surface area contributed by atoms with E-state index in [9.17, 15) is 19.8 Å². The van der Waals surface area contributed by atoms with Crippen LogP contribution in [0.15, 0.2) is 34.9 Å². The van der Waals surface area contributed by atoms with Crippen LogP contribution in [0.2, 0.25) is 0 Å². The van der Waals surface area contributed by atoms with Crippen molar-refractivity contribution in [1.29, 1.82) is 0 Å². The molecule has 1 amide bonds. The van der Waals surface area contributed by atoms with E-state index in [1.54, 1.807) is 12.3 Å². The molecule has 3 aliphatic rings. The lowest BCUT2D eigenvalue weighted by Crippen LogP contribution is -2.73. The van der Waals surface area contributed by atoms with Crippen LogP contribution in [0.5, 0.6) is 5.75 Å². The summed E-state index contributed by atoms with van der Waals surface area (Å²) in [5.41, 5.74) is 4.81. The quantitative estimate of drug-likeness (QED) is 0.726. The molecule has 2 fully saturated rings. The minimum atomic E-state index is -1.17. The first kappa shape index (κ1) is 18.4. The van der Waals surface area contributed by atoms with Crippen LogP contribution in [0.3, 0.4) is 0 Å². The molecular formula is C22H24N2O5. The van der Waals surface area contributed by atoms with Gasteiger partial charge in [-0.2, -0.15) is 0 Å². The van der Waals surface area contributed by atoms with Gasteiger partial charge in [-0.1, -0.05) is 6.07 Å². The third-order valence-electron chi connectivity index (χ3n) is 7.29. The molecule has 1 aromatic heterocycles. The Morgan fingerprint density at radius 2 is 2.14 bits per heavy atom. The number of amides is 1. The molecule has 2 aliphatic carbocycles. The number of aliphatic hydroxyl groups is 1. The highest BCUT2D eigenvalue weighted by Crippen LogP contribution is 2.59. The standard InChI is InChI=1S/C22H24N2O5/c23-20(27)16-4-3-13-10-17-22(28)6-5-14(25)11-21(22,18(13)19(16)26)7-8-24(17)12-15-2-1-9-29-15/h1-4,9,17,26,28H,5-8,10-12H2,(H2,23,27)/t17-,21-,22-/m1/s1. The zero-order chi connectivity index (χ0) is 20.4. The van der Waals surface area contributed by atoms with Crippen molar-refractivity contribution < 1.29 is 24.2 Å². The Morgan fingerprint density at radius 3 is 2.86 bits per heavy atom. The molecule has 2 aromatic rings. The maximum absolute atomic E-state index is 12.5. The van der Waals surface area contributed by atoms with Gasteiger partial charge >= 0.3 is 0 Å². The fraction of sp³-hybridized carbons (Fsp3) is 0.455. The van der Waals surface area contributed by atoms with Gasteiger partial charge in [-0.15, -0.1) is 0 Å². The van der Waals surface area contributed by atoms with E-state index in [0.717, 1.165) is 11.3 Å². The minimum absolute atomic E-state index is 0.0370. The third-order valence-corrected chi connectivity index (χ3v) is 7.29. The van der Waals surface area contributed by atoms with Gasteiger partial charge in [0.15, 0.2) is 0 Å². The van der Waals surface area contributed by atoms with E-state index < -0.39 is 16.9 Å². The van der Waals surface area contributed by atoms with Crippen LogP contribution < -0.4 is 5.73 Å². The Morgan fingerprint density at radius 1 is 1.31 bits per heavy atom. The molecule has 0 spiro atoms. The maximum Gasteiger partial charge on any atom is 0.252 e. The summed E-state index contributed by atoms with van der Waals surface area (Å²) in [5, 5.41) is 23.0. The number of fused-ring (bicyclic) bond motifs is 1. The van der Waals surface area contributed by atoms with Crippen molar-refractivity contribution in [1.82, 2.24) is 4.90 Å². The van der Waals surface area contributed by atoms with Crippen molar-refractivity contribution in [3.05, 3.63) is 53.0 Å². The fourth-order valence-corrected chi connectivity index (χ4v) is 5.99. The van der Waals surface area contributed by atoms with Crippen molar-refractivity contribution in [2.24, 2.45) is 5.73 Å². The van der Waals surface area contributed by atoms with Gasteiger partial charge in [-0.3, -0.25) is 14.5 Å². The second-order valence-corrected chi connectivity index (χ2v) is 8.60. The Balaban J connectivity index is 1.67. The van der Waals surface area contributed by atoms with Gasteiger partial charge in [0.05, 0.1) is 24.0 Å². The highest BCUT2D eigenvalue weighted by atomic mass is 16.3. The number of nitrogens with two attached hydrogens (primary N) is 1. The summed E-state index contributed by atoms with van der Waals surface area (Å²) in [6.45, 7) is 1.23. The Kier molecular flexibility index (Phi) is 3.92. The molecule has 3 atom stereocenters. The van der Waals surface area contributed by atoms with Crippen molar-refractivity contribution in [2.75, 3.05) is 6.54 Å². The fourth-order valence-electron chi connectivity index (χ4n) is 5.99. The zero-order valence-electron chi connectivity index (χ0n) is 16.1. The first-order valence-electron chi connectivity index (χ1n) is 10.0. The number of rotatable bonds is 3. The number of nitrogens with zero attached hydrogens (tertiary/aromatic N) is 1. The van der Waals surface area contributed by atoms with E-state index in [0.29, 0.717) is 44.3 Å². The first-order valence-corrected chi connectivity index (χ1v) is 10.0. The number of furan rings is 1. The van der Waals surface area contributed by atoms with Gasteiger partial charge in [-0.05, 0) is 43.0 Å². The van der Waals surface area contributed by atoms with Gasteiger partial charge in [-0.25, -0.2) is 0 Å². The number of aromatic hydroxyl groups is 1. The normalized spacial score (nSPS) is 31.2. The number of carbonyl (C=O) groups is 2. The van der Waals surface area contributed by atoms with E-state index in [4.69, 9.17) is 10.2 Å². The largest absolute Gasteiger partial charge is 0.507 e. The van der Waals surface area contributed by atoms with E-state index in [1.165, 1.54) is 6.07 Å². The predicted molar refractivity (Wildman–Crippen MR) is 103 cm³/mol. The van der Waals surface area contributed by atoms with E-state index >= 15 is 0 Å². The summed E-state index contributed by atoms with van der Waals surface area (Å²) >= 11 is 0. The van der Waals surface area contributed by atoms with Crippen LogP contribution in [-0.2, 0) is 23.2 Å². The van der Waals surface area contributed by atoms with Crippen LogP contribution in [0.1, 0.15) is 52.9 Å². The Labute approximate surface area is 168 Å². The van der Waals surface area contributed by atoms with Gasteiger partial charge in [0, 0.05) is 36.4 Å². The molecule has 5 rings (SSSR count).